The van der Waals surface area contributed by atoms with E-state index in [1.165, 1.54) is 5.56 Å². The van der Waals surface area contributed by atoms with Gasteiger partial charge in [-0.1, -0.05) is 30.3 Å². The first-order valence-electron chi connectivity index (χ1n) is 7.80. The molecule has 2 rings (SSSR count). The van der Waals surface area contributed by atoms with Crippen LogP contribution in [0, 0.1) is 0 Å². The zero-order valence-electron chi connectivity index (χ0n) is 13.0. The van der Waals surface area contributed by atoms with Crippen molar-refractivity contribution >= 4 is 6.03 Å². The maximum Gasteiger partial charge on any atom is 0.314 e. The lowest BCUT2D eigenvalue weighted by Gasteiger charge is -2.14. The van der Waals surface area contributed by atoms with Crippen molar-refractivity contribution in [2.75, 3.05) is 6.54 Å². The van der Waals surface area contributed by atoms with Gasteiger partial charge in [0, 0.05) is 31.5 Å². The Morgan fingerprint density at radius 1 is 1.27 bits per heavy atom. The van der Waals surface area contributed by atoms with Crippen molar-refractivity contribution in [3.8, 4) is 0 Å². The number of carbonyl (C=O) groups excluding carboxylic acids is 1. The van der Waals surface area contributed by atoms with Gasteiger partial charge in [-0.25, -0.2) is 4.79 Å². The largest absolute Gasteiger partial charge is 0.338 e. The van der Waals surface area contributed by atoms with Crippen LogP contribution in [0.3, 0.4) is 0 Å². The Labute approximate surface area is 131 Å². The number of nitrogens with zero attached hydrogens (tertiary/aromatic N) is 2. The Balaban J connectivity index is 1.56. The van der Waals surface area contributed by atoms with Crippen LogP contribution in [-0.4, -0.2) is 28.4 Å². The smallest absolute Gasteiger partial charge is 0.314 e. The summed E-state index contributed by atoms with van der Waals surface area (Å²) in [7, 11) is 0. The Morgan fingerprint density at radius 2 is 2.09 bits per heavy atom. The number of nitrogens with one attached hydrogen (secondary N) is 2. The van der Waals surface area contributed by atoms with E-state index in [1.807, 2.05) is 42.1 Å². The van der Waals surface area contributed by atoms with Gasteiger partial charge < -0.3 is 10.6 Å². The summed E-state index contributed by atoms with van der Waals surface area (Å²) < 4.78 is 1.86. The highest BCUT2D eigenvalue weighted by Gasteiger charge is 2.06. The zero-order valence-corrected chi connectivity index (χ0v) is 13.0. The minimum absolute atomic E-state index is 0.0963. The van der Waals surface area contributed by atoms with Gasteiger partial charge in [-0.3, -0.25) is 4.68 Å². The van der Waals surface area contributed by atoms with E-state index in [0.29, 0.717) is 6.54 Å². The fraction of sp³-hybridized carbons (Fsp3) is 0.412. The van der Waals surface area contributed by atoms with Gasteiger partial charge in [0.25, 0.3) is 0 Å². The second kappa shape index (κ2) is 8.87. The van der Waals surface area contributed by atoms with Crippen LogP contribution in [0.4, 0.5) is 4.79 Å². The van der Waals surface area contributed by atoms with Crippen molar-refractivity contribution in [1.82, 2.24) is 20.4 Å². The molecule has 0 radical (unpaired) electrons. The van der Waals surface area contributed by atoms with E-state index >= 15 is 0 Å². The van der Waals surface area contributed by atoms with Crippen LogP contribution in [0.5, 0.6) is 0 Å². The first kappa shape index (κ1) is 16.1. The molecule has 2 amide bonds. The van der Waals surface area contributed by atoms with Crippen molar-refractivity contribution in [3.63, 3.8) is 0 Å². The third-order valence-corrected chi connectivity index (χ3v) is 3.50. The summed E-state index contributed by atoms with van der Waals surface area (Å²) in [4.78, 5) is 11.8. The summed E-state index contributed by atoms with van der Waals surface area (Å²) in [5, 5.41) is 9.98. The molecule has 5 heteroatoms. The molecule has 0 aliphatic rings. The molecule has 2 N–H and O–H groups in total. The first-order valence-corrected chi connectivity index (χ1v) is 7.80. The van der Waals surface area contributed by atoms with Crippen LogP contribution >= 0.6 is 0 Å². The van der Waals surface area contributed by atoms with Gasteiger partial charge in [0.2, 0.25) is 0 Å². The van der Waals surface area contributed by atoms with Gasteiger partial charge in [-0.2, -0.15) is 5.10 Å². The molecular weight excluding hydrogens is 276 g/mol. The number of urea groups is 1. The molecule has 1 unspecified atom stereocenters. The maximum atomic E-state index is 11.8. The van der Waals surface area contributed by atoms with Gasteiger partial charge in [-0.05, 0) is 37.8 Å². The molecule has 0 saturated heterocycles. The summed E-state index contributed by atoms with van der Waals surface area (Å²) >= 11 is 0. The van der Waals surface area contributed by atoms with Crippen LogP contribution < -0.4 is 10.6 Å². The first-order chi connectivity index (χ1) is 10.7. The molecule has 1 heterocycles. The molecular formula is C17H24N4O. The molecule has 0 aliphatic heterocycles. The van der Waals surface area contributed by atoms with Crippen LogP contribution in [0.15, 0.2) is 48.8 Å². The molecule has 1 aromatic heterocycles. The fourth-order valence-corrected chi connectivity index (χ4v) is 2.25. The van der Waals surface area contributed by atoms with E-state index in [0.717, 1.165) is 25.8 Å². The lowest BCUT2D eigenvalue weighted by Crippen LogP contribution is -2.41. The van der Waals surface area contributed by atoms with E-state index in [2.05, 4.69) is 27.9 Å². The van der Waals surface area contributed by atoms with Gasteiger partial charge in [0.1, 0.15) is 0 Å². The van der Waals surface area contributed by atoms with E-state index in [4.69, 9.17) is 0 Å². The summed E-state index contributed by atoms with van der Waals surface area (Å²) in [6.45, 7) is 3.50. The SMILES string of the molecule is CC(CCc1ccccc1)NC(=O)NCCCn1cccn1. The van der Waals surface area contributed by atoms with Crippen molar-refractivity contribution in [2.45, 2.75) is 38.8 Å². The third-order valence-electron chi connectivity index (χ3n) is 3.50. The molecule has 1 atom stereocenters. The molecule has 0 saturated carbocycles. The van der Waals surface area contributed by atoms with E-state index in [1.54, 1.807) is 6.20 Å². The Kier molecular flexibility index (Phi) is 6.48. The molecule has 0 bridgehead atoms. The summed E-state index contributed by atoms with van der Waals surface area (Å²) in [5.41, 5.74) is 1.30. The normalized spacial score (nSPS) is 11.9. The summed E-state index contributed by atoms with van der Waals surface area (Å²) in [5.74, 6) is 0. The zero-order chi connectivity index (χ0) is 15.6. The number of hydrogen-bond acceptors (Lipinski definition) is 2. The highest BCUT2D eigenvalue weighted by Crippen LogP contribution is 2.04. The van der Waals surface area contributed by atoms with Crippen molar-refractivity contribution in [1.29, 1.82) is 0 Å². The monoisotopic (exact) mass is 300 g/mol. The number of rotatable bonds is 8. The topological polar surface area (TPSA) is 59.0 Å². The third kappa shape index (κ3) is 5.99. The number of carbonyl (C=O) groups is 1. The number of aryl methyl sites for hydroxylation is 2. The van der Waals surface area contributed by atoms with Crippen LogP contribution in [-0.2, 0) is 13.0 Å². The highest BCUT2D eigenvalue weighted by atomic mass is 16.2. The molecule has 1 aromatic carbocycles. The number of aromatic nitrogens is 2. The van der Waals surface area contributed by atoms with Crippen molar-refractivity contribution in [2.24, 2.45) is 0 Å². The maximum absolute atomic E-state index is 11.8. The van der Waals surface area contributed by atoms with Gasteiger partial charge in [0.05, 0.1) is 0 Å². The molecule has 2 aromatic rings. The second-order valence-corrected chi connectivity index (χ2v) is 5.45. The average molecular weight is 300 g/mol. The van der Waals surface area contributed by atoms with Gasteiger partial charge in [0.15, 0.2) is 0 Å². The second-order valence-electron chi connectivity index (χ2n) is 5.45. The molecule has 0 aliphatic carbocycles. The average Bonchev–Trinajstić information content (AvgIpc) is 3.04. The van der Waals surface area contributed by atoms with E-state index in [-0.39, 0.29) is 12.1 Å². The van der Waals surface area contributed by atoms with E-state index < -0.39 is 0 Å². The lowest BCUT2D eigenvalue weighted by molar-refractivity contribution is 0.237. The van der Waals surface area contributed by atoms with Gasteiger partial charge >= 0.3 is 6.03 Å². The fourth-order valence-electron chi connectivity index (χ4n) is 2.25. The summed E-state index contributed by atoms with van der Waals surface area (Å²) in [6.07, 6.45) is 6.46. The number of amides is 2. The lowest BCUT2D eigenvalue weighted by atomic mass is 10.1. The molecule has 0 fully saturated rings. The van der Waals surface area contributed by atoms with E-state index in [9.17, 15) is 4.79 Å². The molecule has 5 nitrogen and oxygen atoms in total. The Bertz CT molecular complexity index is 539. The summed E-state index contributed by atoms with van der Waals surface area (Å²) in [6, 6.07) is 12.3. The van der Waals surface area contributed by atoms with Crippen molar-refractivity contribution in [3.05, 3.63) is 54.4 Å². The highest BCUT2D eigenvalue weighted by molar-refractivity contribution is 5.74. The quantitative estimate of drug-likeness (QED) is 0.736. The Hall–Kier alpha value is -2.30. The molecule has 118 valence electrons. The molecule has 0 spiro atoms. The predicted molar refractivity (Wildman–Crippen MR) is 87.6 cm³/mol. The number of benzene rings is 1. The number of hydrogen-bond donors (Lipinski definition) is 2. The predicted octanol–water partition coefficient (Wildman–Crippen LogP) is 2.59. The van der Waals surface area contributed by atoms with Crippen LogP contribution in [0.2, 0.25) is 0 Å². The standard InChI is InChI=1S/C17H24N4O/c1-15(9-10-16-7-3-2-4-8-16)20-17(22)18-11-5-13-21-14-6-12-19-21/h2-4,6-8,12,14-15H,5,9-11,13H2,1H3,(H2,18,20,22). The van der Waals surface area contributed by atoms with Gasteiger partial charge in [-0.15, -0.1) is 0 Å². The molecule has 22 heavy (non-hydrogen) atoms. The Morgan fingerprint density at radius 3 is 2.82 bits per heavy atom. The minimum atomic E-state index is -0.0963. The van der Waals surface area contributed by atoms with Crippen molar-refractivity contribution < 1.29 is 4.79 Å². The van der Waals surface area contributed by atoms with Crippen LogP contribution in [0.25, 0.3) is 0 Å². The van der Waals surface area contributed by atoms with Crippen LogP contribution in [0.1, 0.15) is 25.3 Å². The minimum Gasteiger partial charge on any atom is -0.338 e.